The van der Waals surface area contributed by atoms with Crippen molar-refractivity contribution in [3.05, 3.63) is 0 Å². The lowest BCUT2D eigenvalue weighted by Gasteiger charge is -2.23. The summed E-state index contributed by atoms with van der Waals surface area (Å²) < 4.78 is 26.8. The molecule has 8 heavy (non-hydrogen) atoms. The maximum absolute atomic E-state index is 9.86. The number of rotatable bonds is 0. The van der Waals surface area contributed by atoms with Gasteiger partial charge in [0.1, 0.15) is 0 Å². The van der Waals surface area contributed by atoms with Gasteiger partial charge in [-0.1, -0.05) is 0 Å². The molecule has 1 saturated heterocycles. The lowest BCUT2D eigenvalue weighted by Crippen LogP contribution is -2.02. The van der Waals surface area contributed by atoms with Crippen molar-refractivity contribution in [1.29, 1.82) is 0 Å². The summed E-state index contributed by atoms with van der Waals surface area (Å²) in [5.41, 5.74) is 0. The van der Waals surface area contributed by atoms with Crippen LogP contribution in [0.1, 0.15) is 0 Å². The first-order valence-corrected chi connectivity index (χ1v) is 4.49. The molecular weight excluding hydrogens is 158 g/mol. The van der Waals surface area contributed by atoms with Gasteiger partial charge in [0.2, 0.25) is 0 Å². The quantitative estimate of drug-likeness (QED) is 0.492. The van der Waals surface area contributed by atoms with Crippen LogP contribution in [-0.4, -0.2) is 9.79 Å². The molecule has 1 heterocycles. The predicted molar refractivity (Wildman–Crippen MR) is 21.8 cm³/mol. The highest BCUT2D eigenvalue weighted by Gasteiger charge is 2.51. The second-order valence-electron chi connectivity index (χ2n) is 1.10. The molecule has 0 saturated carbocycles. The van der Waals surface area contributed by atoms with E-state index in [1.165, 1.54) is 0 Å². The molecule has 1 aliphatic rings. The molecule has 0 aromatic heterocycles. The van der Waals surface area contributed by atoms with Crippen molar-refractivity contribution in [3.63, 3.8) is 0 Å². The molecule has 0 bridgehead atoms. The minimum absolute atomic E-state index is 3.51. The van der Waals surface area contributed by atoms with Gasteiger partial charge in [-0.05, 0) is 0 Å². The van der Waals surface area contributed by atoms with Gasteiger partial charge in [-0.2, -0.15) is 8.62 Å². The Morgan fingerprint density at radius 2 is 1.25 bits per heavy atom. The summed E-state index contributed by atoms with van der Waals surface area (Å²) in [6.45, 7) is 0. The van der Waals surface area contributed by atoms with Crippen molar-refractivity contribution in [2.75, 3.05) is 0 Å². The highest BCUT2D eigenvalue weighted by atomic mass is 31.3. The van der Waals surface area contributed by atoms with Crippen LogP contribution in [0.25, 0.3) is 0 Å². The molecule has 6 nitrogen and oxygen atoms in total. The third-order valence-corrected chi connectivity index (χ3v) is 3.71. The Labute approximate surface area is 44.3 Å². The van der Waals surface area contributed by atoms with Gasteiger partial charge < -0.3 is 9.79 Å². The smallest absolute Gasteiger partial charge is 0.302 e. The second-order valence-corrected chi connectivity index (χ2v) is 4.28. The molecule has 8 heteroatoms. The summed E-state index contributed by atoms with van der Waals surface area (Å²) >= 11 is 0. The maximum Gasteiger partial charge on any atom is 0.490 e. The van der Waals surface area contributed by atoms with Crippen LogP contribution in [0.15, 0.2) is 0 Å². The molecule has 48 valence electrons. The lowest BCUT2D eigenvalue weighted by atomic mass is 15.6. The predicted octanol–water partition coefficient (Wildman–Crippen LogP) is 0.234. The van der Waals surface area contributed by atoms with E-state index in [0.717, 1.165) is 0 Å². The largest absolute Gasteiger partial charge is 0.490 e. The van der Waals surface area contributed by atoms with Gasteiger partial charge in [0.25, 0.3) is 0 Å². The van der Waals surface area contributed by atoms with E-state index < -0.39 is 15.6 Å². The fourth-order valence-electron chi connectivity index (χ4n) is 0.267. The summed E-state index contributed by atoms with van der Waals surface area (Å²) in [4.78, 5) is 16.1. The molecule has 0 spiro atoms. The van der Waals surface area contributed by atoms with E-state index in [1.807, 2.05) is 0 Å². The van der Waals surface area contributed by atoms with Gasteiger partial charge in [0, 0.05) is 0 Å². The van der Waals surface area contributed by atoms with Crippen molar-refractivity contribution < 1.29 is 27.5 Å². The van der Waals surface area contributed by atoms with E-state index >= 15 is 0 Å². The summed E-state index contributed by atoms with van der Waals surface area (Å²) in [5.74, 6) is 0. The van der Waals surface area contributed by atoms with E-state index in [-0.39, 0.29) is 0 Å². The zero-order chi connectivity index (χ0) is 6.41. The minimum Gasteiger partial charge on any atom is -0.302 e. The molecule has 2 N–H and O–H groups in total. The molecule has 0 atom stereocenters. The fraction of sp³-hybridized carbons (Fsp3) is 0. The molecule has 1 fully saturated rings. The van der Waals surface area contributed by atoms with Crippen LogP contribution >= 0.6 is 15.6 Å². The van der Waals surface area contributed by atoms with Crippen molar-refractivity contribution in [1.82, 2.24) is 0 Å². The third kappa shape index (κ3) is 1.17. The highest BCUT2D eigenvalue weighted by molar-refractivity contribution is 7.74. The summed E-state index contributed by atoms with van der Waals surface area (Å²) in [7, 11) is -8.20. The molecule has 0 amide bonds. The Morgan fingerprint density at radius 1 is 1.00 bits per heavy atom. The molecule has 0 aliphatic carbocycles. The number of hydrogen-bond acceptors (Lipinski definition) is 4. The normalized spacial score (nSPS) is 55.2. The van der Waals surface area contributed by atoms with Crippen LogP contribution in [0.3, 0.4) is 0 Å². The Morgan fingerprint density at radius 3 is 1.25 bits per heavy atom. The van der Waals surface area contributed by atoms with Gasteiger partial charge >= 0.3 is 15.6 Å². The third-order valence-electron chi connectivity index (χ3n) is 0.413. The molecule has 1 rings (SSSR count). The fourth-order valence-corrected chi connectivity index (χ4v) is 2.40. The van der Waals surface area contributed by atoms with Crippen molar-refractivity contribution in [2.45, 2.75) is 0 Å². The monoisotopic (exact) mass is 160 g/mol. The Hall–Kier alpha value is 0.300. The lowest BCUT2D eigenvalue weighted by molar-refractivity contribution is 0.162. The van der Waals surface area contributed by atoms with Gasteiger partial charge in [-0.3, -0.25) is 0 Å². The van der Waals surface area contributed by atoms with Gasteiger partial charge in [0.15, 0.2) is 0 Å². The van der Waals surface area contributed by atoms with E-state index in [1.54, 1.807) is 0 Å². The first-order chi connectivity index (χ1) is 3.41. The van der Waals surface area contributed by atoms with E-state index in [4.69, 9.17) is 9.79 Å². The zero-order valence-corrected chi connectivity index (χ0v) is 5.21. The first kappa shape index (κ1) is 6.42. The molecule has 0 unspecified atom stereocenters. The van der Waals surface area contributed by atoms with E-state index in [9.17, 15) is 9.13 Å². The Balaban J connectivity index is 2.68. The van der Waals surface area contributed by atoms with E-state index in [2.05, 4.69) is 8.62 Å². The molecule has 0 radical (unpaired) electrons. The summed E-state index contributed by atoms with van der Waals surface area (Å²) in [6.07, 6.45) is 0. The van der Waals surface area contributed by atoms with Crippen LogP contribution in [-0.2, 0) is 17.8 Å². The zero-order valence-electron chi connectivity index (χ0n) is 3.42. The average Bonchev–Trinajstić information content (AvgIpc) is 1.20. The molecule has 1 aliphatic heterocycles. The number of phosphoric acid groups is 2. The Bertz CT molecular complexity index is 157. The summed E-state index contributed by atoms with van der Waals surface area (Å²) in [6, 6.07) is 0. The van der Waals surface area contributed by atoms with Crippen LogP contribution in [0.4, 0.5) is 0 Å². The number of hydrogen-bond donors (Lipinski definition) is 2. The van der Waals surface area contributed by atoms with Crippen LogP contribution in [0.5, 0.6) is 0 Å². The van der Waals surface area contributed by atoms with Crippen LogP contribution in [0, 0.1) is 0 Å². The Kier molecular flexibility index (Phi) is 1.14. The van der Waals surface area contributed by atoms with Crippen molar-refractivity contribution in [2.24, 2.45) is 0 Å². The van der Waals surface area contributed by atoms with Gasteiger partial charge in [0.05, 0.1) is 0 Å². The van der Waals surface area contributed by atoms with Crippen LogP contribution in [0.2, 0.25) is 0 Å². The highest BCUT2D eigenvalue weighted by Crippen LogP contribution is 2.77. The average molecular weight is 160 g/mol. The molecular formula is H2O6P2. The maximum atomic E-state index is 9.86. The second kappa shape index (κ2) is 1.42. The topological polar surface area (TPSA) is 93.1 Å². The van der Waals surface area contributed by atoms with Gasteiger partial charge in [-0.15, -0.1) is 0 Å². The van der Waals surface area contributed by atoms with Crippen molar-refractivity contribution in [3.8, 4) is 0 Å². The minimum atomic E-state index is -4.10. The summed E-state index contributed by atoms with van der Waals surface area (Å²) in [5, 5.41) is 0. The van der Waals surface area contributed by atoms with Crippen LogP contribution < -0.4 is 0 Å². The SMILES string of the molecule is O=P1(O)OP(=O)(O)O1. The van der Waals surface area contributed by atoms with Gasteiger partial charge in [-0.25, -0.2) is 9.13 Å². The van der Waals surface area contributed by atoms with Crippen molar-refractivity contribution >= 4 is 15.6 Å². The first-order valence-electron chi connectivity index (χ1n) is 1.50. The van der Waals surface area contributed by atoms with E-state index in [0.29, 0.717) is 0 Å². The standard InChI is InChI=1S/H2O6P2/c1-7(2)5-8(3,4)6-7/h(H,1,2)(H,3,4). The molecule has 0 aromatic carbocycles. The molecule has 0 aromatic rings.